The van der Waals surface area contributed by atoms with Gasteiger partial charge < -0.3 is 9.64 Å². The molecule has 2 aromatic heterocycles. The van der Waals surface area contributed by atoms with Gasteiger partial charge in [0, 0.05) is 30.7 Å². The first-order valence-corrected chi connectivity index (χ1v) is 10.0. The molecule has 0 N–H and O–H groups in total. The number of rotatable bonds is 9. The van der Waals surface area contributed by atoms with Gasteiger partial charge in [-0.05, 0) is 30.9 Å². The molecule has 0 aliphatic rings. The zero-order valence-corrected chi connectivity index (χ0v) is 16.0. The normalized spacial score (nSPS) is 10.9. The number of amides is 1. The molecule has 2 aromatic rings. The molecule has 0 saturated heterocycles. The largest absolute Gasteiger partial charge is 0.383 e. The Kier molecular flexibility index (Phi) is 7.48. The molecule has 0 aliphatic carbocycles. The van der Waals surface area contributed by atoms with Crippen molar-refractivity contribution in [1.82, 2.24) is 15.1 Å². The highest BCUT2D eigenvalue weighted by atomic mass is 32.2. The van der Waals surface area contributed by atoms with E-state index >= 15 is 0 Å². The van der Waals surface area contributed by atoms with Gasteiger partial charge in [0.05, 0.1) is 13.2 Å². The zero-order valence-electron chi connectivity index (χ0n) is 13.6. The summed E-state index contributed by atoms with van der Waals surface area (Å²) >= 11 is 4.85. The summed E-state index contributed by atoms with van der Waals surface area (Å²) in [6, 6.07) is 2.09. The van der Waals surface area contributed by atoms with Crippen LogP contribution in [0.4, 0.5) is 0 Å². The molecule has 0 aliphatic heterocycles. The van der Waals surface area contributed by atoms with Crippen LogP contribution < -0.4 is 0 Å². The van der Waals surface area contributed by atoms with Gasteiger partial charge in [0.15, 0.2) is 4.34 Å². The van der Waals surface area contributed by atoms with Crippen molar-refractivity contribution < 1.29 is 9.53 Å². The lowest BCUT2D eigenvalue weighted by molar-refractivity contribution is -0.132. The van der Waals surface area contributed by atoms with Gasteiger partial charge in [-0.2, -0.15) is 0 Å². The molecular weight excluding hydrogens is 350 g/mol. The molecule has 23 heavy (non-hydrogen) atoms. The molecule has 0 saturated carbocycles. The van der Waals surface area contributed by atoms with Crippen LogP contribution in [0.15, 0.2) is 15.8 Å². The van der Waals surface area contributed by atoms with Gasteiger partial charge in [0.25, 0.3) is 0 Å². The van der Waals surface area contributed by atoms with Crippen molar-refractivity contribution in [3.8, 4) is 0 Å². The molecule has 0 aromatic carbocycles. The summed E-state index contributed by atoms with van der Waals surface area (Å²) in [5.74, 6) is 0.879. The summed E-state index contributed by atoms with van der Waals surface area (Å²) < 4.78 is 6.06. The van der Waals surface area contributed by atoms with Crippen LogP contribution in [0, 0.1) is 13.8 Å². The van der Waals surface area contributed by atoms with E-state index in [2.05, 4.69) is 28.6 Å². The van der Waals surface area contributed by atoms with Crippen molar-refractivity contribution >= 4 is 40.3 Å². The lowest BCUT2D eigenvalue weighted by Crippen LogP contribution is -2.33. The summed E-state index contributed by atoms with van der Waals surface area (Å²) in [4.78, 5) is 15.6. The van der Waals surface area contributed by atoms with E-state index in [0.717, 1.165) is 15.1 Å². The highest BCUT2D eigenvalue weighted by Crippen LogP contribution is 2.23. The average Bonchev–Trinajstić information content (AvgIpc) is 3.12. The van der Waals surface area contributed by atoms with Crippen LogP contribution in [0.2, 0.25) is 0 Å². The van der Waals surface area contributed by atoms with Crippen molar-refractivity contribution in [2.24, 2.45) is 0 Å². The van der Waals surface area contributed by atoms with Crippen molar-refractivity contribution in [3.63, 3.8) is 0 Å². The number of hydrogen-bond donors (Lipinski definition) is 0. The van der Waals surface area contributed by atoms with Crippen molar-refractivity contribution in [3.05, 3.63) is 26.9 Å². The van der Waals surface area contributed by atoms with Gasteiger partial charge in [0.1, 0.15) is 5.01 Å². The highest BCUT2D eigenvalue weighted by Gasteiger charge is 2.16. The summed E-state index contributed by atoms with van der Waals surface area (Å²) in [5, 5.41) is 11.1. The molecule has 8 heteroatoms. The van der Waals surface area contributed by atoms with E-state index in [1.54, 1.807) is 41.5 Å². The van der Waals surface area contributed by atoms with E-state index in [4.69, 9.17) is 4.74 Å². The Morgan fingerprint density at radius 3 is 2.83 bits per heavy atom. The number of thiophene rings is 1. The molecule has 0 radical (unpaired) electrons. The van der Waals surface area contributed by atoms with Gasteiger partial charge in [-0.15, -0.1) is 21.5 Å². The smallest absolute Gasteiger partial charge is 0.223 e. The molecular formula is C15H21N3O2S3. The number of thioether (sulfide) groups is 1. The second kappa shape index (κ2) is 9.36. The van der Waals surface area contributed by atoms with Crippen LogP contribution in [0.1, 0.15) is 21.9 Å². The molecule has 2 heterocycles. The van der Waals surface area contributed by atoms with Crippen LogP contribution in [-0.4, -0.2) is 47.0 Å². The molecule has 0 atom stereocenters. The molecule has 0 unspecified atom stereocenters. The molecule has 0 spiro atoms. The Hall–Kier alpha value is -0.960. The first-order valence-electron chi connectivity index (χ1n) is 7.32. The van der Waals surface area contributed by atoms with Gasteiger partial charge >= 0.3 is 0 Å². The number of carbonyl (C=O) groups excluding carboxylic acids is 1. The fourth-order valence-corrected chi connectivity index (χ4v) is 4.69. The van der Waals surface area contributed by atoms with Crippen LogP contribution in [0.5, 0.6) is 0 Å². The Balaban J connectivity index is 1.86. The first kappa shape index (κ1) is 18.4. The van der Waals surface area contributed by atoms with Crippen LogP contribution in [0.25, 0.3) is 0 Å². The number of carbonyl (C=O) groups is 1. The van der Waals surface area contributed by atoms with Crippen LogP contribution in [-0.2, 0) is 16.1 Å². The van der Waals surface area contributed by atoms with Crippen LogP contribution >= 0.6 is 34.4 Å². The van der Waals surface area contributed by atoms with Gasteiger partial charge in [-0.3, -0.25) is 4.79 Å². The van der Waals surface area contributed by atoms with Crippen molar-refractivity contribution in [2.75, 3.05) is 26.0 Å². The molecule has 126 valence electrons. The van der Waals surface area contributed by atoms with E-state index in [1.807, 2.05) is 11.8 Å². The van der Waals surface area contributed by atoms with E-state index in [-0.39, 0.29) is 5.91 Å². The Bertz CT molecular complexity index is 627. The lowest BCUT2D eigenvalue weighted by atomic mass is 10.2. The minimum atomic E-state index is 0.156. The Morgan fingerprint density at radius 2 is 2.22 bits per heavy atom. The molecule has 0 fully saturated rings. The summed E-state index contributed by atoms with van der Waals surface area (Å²) in [6.07, 6.45) is 0.497. The second-order valence-electron chi connectivity index (χ2n) is 5.02. The Labute approximate surface area is 149 Å². The number of aryl methyl sites for hydroxylation is 2. The van der Waals surface area contributed by atoms with Crippen LogP contribution in [0.3, 0.4) is 0 Å². The maximum atomic E-state index is 12.5. The number of ether oxygens (including phenoxy) is 1. The maximum Gasteiger partial charge on any atom is 0.223 e. The van der Waals surface area contributed by atoms with E-state index < -0.39 is 0 Å². The third kappa shape index (κ3) is 5.87. The monoisotopic (exact) mass is 371 g/mol. The van der Waals surface area contributed by atoms with Gasteiger partial charge in [-0.1, -0.05) is 23.1 Å². The fourth-order valence-electron chi connectivity index (χ4n) is 1.95. The number of nitrogens with zero attached hydrogens (tertiary/aromatic N) is 3. The second-order valence-corrected chi connectivity index (χ2v) is 8.54. The summed E-state index contributed by atoms with van der Waals surface area (Å²) in [7, 11) is 1.66. The minimum Gasteiger partial charge on any atom is -0.383 e. The molecule has 1 amide bonds. The predicted octanol–water partition coefficient (Wildman–Crippen LogP) is 3.37. The molecule has 5 nitrogen and oxygen atoms in total. The van der Waals surface area contributed by atoms with E-state index in [1.165, 1.54) is 10.4 Å². The number of hydrogen-bond acceptors (Lipinski definition) is 7. The summed E-state index contributed by atoms with van der Waals surface area (Å²) in [6.45, 7) is 5.85. The standard InChI is InChI=1S/C15H21N3O2S3/c1-11-4-8-21-13(11)10-18(6-7-20-3)14(19)5-9-22-15-17-16-12(2)23-15/h4,8H,5-7,9-10H2,1-3H3. The third-order valence-corrected chi connectivity index (χ3v) is 6.25. The first-order chi connectivity index (χ1) is 11.1. The van der Waals surface area contributed by atoms with Crippen molar-refractivity contribution in [1.29, 1.82) is 0 Å². The number of methoxy groups -OCH3 is 1. The predicted molar refractivity (Wildman–Crippen MR) is 96.3 cm³/mol. The molecule has 0 bridgehead atoms. The van der Waals surface area contributed by atoms with Crippen molar-refractivity contribution in [2.45, 2.75) is 31.2 Å². The maximum absolute atomic E-state index is 12.5. The molecule has 2 rings (SSSR count). The van der Waals surface area contributed by atoms with E-state index in [0.29, 0.717) is 26.1 Å². The van der Waals surface area contributed by atoms with Gasteiger partial charge in [-0.25, -0.2) is 0 Å². The summed E-state index contributed by atoms with van der Waals surface area (Å²) in [5.41, 5.74) is 1.24. The third-order valence-electron chi connectivity index (χ3n) is 3.27. The fraction of sp³-hybridized carbons (Fsp3) is 0.533. The Morgan fingerprint density at radius 1 is 1.39 bits per heavy atom. The average molecular weight is 372 g/mol. The quantitative estimate of drug-likeness (QED) is 0.633. The zero-order chi connectivity index (χ0) is 16.7. The lowest BCUT2D eigenvalue weighted by Gasteiger charge is -2.22. The van der Waals surface area contributed by atoms with E-state index in [9.17, 15) is 4.79 Å². The highest BCUT2D eigenvalue weighted by molar-refractivity contribution is 8.01. The van der Waals surface area contributed by atoms with Gasteiger partial charge in [0.2, 0.25) is 5.91 Å². The SMILES string of the molecule is COCCN(Cc1sccc1C)C(=O)CCSc1nnc(C)s1. The number of aromatic nitrogens is 2. The topological polar surface area (TPSA) is 55.3 Å². The minimum absolute atomic E-state index is 0.156.